The van der Waals surface area contributed by atoms with Gasteiger partial charge in [0.1, 0.15) is 28.6 Å². The van der Waals surface area contributed by atoms with Gasteiger partial charge in [0, 0.05) is 74.2 Å². The van der Waals surface area contributed by atoms with E-state index in [-0.39, 0.29) is 48.8 Å². The number of rotatable bonds is 8. The second-order valence-electron chi connectivity index (χ2n) is 16.0. The van der Waals surface area contributed by atoms with Crippen LogP contribution in [0.2, 0.25) is 0 Å². The Morgan fingerprint density at radius 1 is 0.948 bits per heavy atom. The number of pyridine rings is 1. The van der Waals surface area contributed by atoms with E-state index in [1.54, 1.807) is 59.1 Å². The molecule has 3 aliphatic rings. The summed E-state index contributed by atoms with van der Waals surface area (Å²) >= 11 is 0. The minimum atomic E-state index is -0.599. The van der Waals surface area contributed by atoms with Crippen molar-refractivity contribution in [2.75, 3.05) is 40.4 Å². The second kappa shape index (κ2) is 15.2. The molecule has 3 aromatic heterocycles. The van der Waals surface area contributed by atoms with Crippen LogP contribution in [-0.4, -0.2) is 98.6 Å². The van der Waals surface area contributed by atoms with Gasteiger partial charge < -0.3 is 33.5 Å². The number of amides is 5. The molecule has 0 bridgehead atoms. The number of hydrogen-bond acceptors (Lipinski definition) is 8. The molecule has 0 saturated carbocycles. The van der Waals surface area contributed by atoms with Crippen LogP contribution in [0.4, 0.5) is 14.0 Å². The highest BCUT2D eigenvalue weighted by molar-refractivity contribution is 6.49. The maximum Gasteiger partial charge on any atom is 0.410 e. The summed E-state index contributed by atoms with van der Waals surface area (Å²) in [4.78, 5) is 64.1. The number of fused-ring (bicyclic) bond motifs is 1. The minimum Gasteiger partial charge on any atom is -0.497 e. The van der Waals surface area contributed by atoms with E-state index < -0.39 is 23.2 Å². The lowest BCUT2D eigenvalue weighted by Crippen LogP contribution is -2.47. The number of carbonyl (C=O) groups excluding carboxylic acids is 4. The molecule has 0 unspecified atom stereocenters. The van der Waals surface area contributed by atoms with Crippen molar-refractivity contribution in [2.45, 2.75) is 58.8 Å². The fourth-order valence-electron chi connectivity index (χ4n) is 8.27. The van der Waals surface area contributed by atoms with Crippen LogP contribution in [0.15, 0.2) is 67.1 Å². The molecular formula is C43H46FN7O7. The highest BCUT2D eigenvalue weighted by Gasteiger charge is 2.37. The molecule has 5 amide bonds. The molecule has 8 rings (SSSR count). The van der Waals surface area contributed by atoms with Gasteiger partial charge in [0.05, 0.1) is 49.3 Å². The number of ether oxygens (including phenoxy) is 3. The molecule has 3 aliphatic heterocycles. The molecule has 0 radical (unpaired) electrons. The average molecular weight is 792 g/mol. The van der Waals surface area contributed by atoms with Crippen LogP contribution in [0.5, 0.6) is 11.5 Å². The Hall–Kier alpha value is -6.38. The number of nitrogens with one attached hydrogen (secondary N) is 1. The standard InChI is InChI=1S/C43H46FN7O7/c1-43(2,3)58-42(55)47-14-11-26(12-15-47)22-50(23-27-9-10-30(56-4)20-34(27)57-5)41(54)49-17-16-48-25-32(31-19-29(44)18-28(24-49)38(31)48)36-37(40(53)46-39(36)52)33-21-45-35-8-6-7-13-51(33)35/h6-10,13,18-21,25-26H,11-12,14-17,22-24H2,1-5H3,(H,46,52,53). The van der Waals surface area contributed by atoms with Gasteiger partial charge in [0.25, 0.3) is 11.8 Å². The molecule has 302 valence electrons. The van der Waals surface area contributed by atoms with E-state index in [4.69, 9.17) is 14.2 Å². The third kappa shape index (κ3) is 7.32. The Kier molecular flexibility index (Phi) is 10.1. The smallest absolute Gasteiger partial charge is 0.410 e. The van der Waals surface area contributed by atoms with Crippen LogP contribution in [0.3, 0.4) is 0 Å². The van der Waals surface area contributed by atoms with E-state index in [0.717, 1.165) is 5.56 Å². The molecule has 1 fully saturated rings. The van der Waals surface area contributed by atoms with Crippen molar-refractivity contribution in [2.24, 2.45) is 5.92 Å². The van der Waals surface area contributed by atoms with Gasteiger partial charge in [-0.15, -0.1) is 0 Å². The van der Waals surface area contributed by atoms with E-state index in [2.05, 4.69) is 10.3 Å². The summed E-state index contributed by atoms with van der Waals surface area (Å²) in [5.41, 5.74) is 3.22. The molecule has 0 spiro atoms. The molecule has 58 heavy (non-hydrogen) atoms. The molecule has 0 atom stereocenters. The Bertz CT molecular complexity index is 2490. The van der Waals surface area contributed by atoms with Crippen LogP contribution >= 0.6 is 0 Å². The van der Waals surface area contributed by atoms with Crippen LogP contribution in [0.25, 0.3) is 27.7 Å². The zero-order valence-corrected chi connectivity index (χ0v) is 33.2. The van der Waals surface area contributed by atoms with Crippen LogP contribution in [0.1, 0.15) is 56.0 Å². The molecular weight excluding hydrogens is 746 g/mol. The van der Waals surface area contributed by atoms with Gasteiger partial charge >= 0.3 is 12.1 Å². The zero-order valence-electron chi connectivity index (χ0n) is 33.2. The lowest BCUT2D eigenvalue weighted by Gasteiger charge is -2.37. The van der Waals surface area contributed by atoms with E-state index in [0.29, 0.717) is 83.9 Å². The Morgan fingerprint density at radius 2 is 1.72 bits per heavy atom. The first-order chi connectivity index (χ1) is 27.8. The summed E-state index contributed by atoms with van der Waals surface area (Å²) in [6.07, 6.45) is 6.12. The number of carbonyl (C=O) groups is 4. The van der Waals surface area contributed by atoms with Crippen molar-refractivity contribution in [3.05, 3.63) is 95.3 Å². The van der Waals surface area contributed by atoms with Crippen molar-refractivity contribution in [1.82, 2.24) is 34.0 Å². The van der Waals surface area contributed by atoms with E-state index in [1.165, 1.54) is 12.1 Å². The molecule has 1 N–H and O–H groups in total. The molecule has 15 heteroatoms. The largest absolute Gasteiger partial charge is 0.497 e. The second-order valence-corrected chi connectivity index (χ2v) is 16.0. The van der Waals surface area contributed by atoms with Gasteiger partial charge in [-0.25, -0.2) is 19.0 Å². The fraction of sp³-hybridized carbons (Fsp3) is 0.372. The van der Waals surface area contributed by atoms with Gasteiger partial charge in [-0.3, -0.25) is 19.3 Å². The number of imide groups is 1. The maximum atomic E-state index is 15.7. The number of halogens is 1. The average Bonchev–Trinajstić information content (AvgIpc) is 3.82. The molecule has 2 aromatic carbocycles. The van der Waals surface area contributed by atoms with E-state index in [9.17, 15) is 19.2 Å². The number of nitrogens with zero attached hydrogens (tertiary/aromatic N) is 6. The monoisotopic (exact) mass is 791 g/mol. The highest BCUT2D eigenvalue weighted by atomic mass is 19.1. The predicted molar refractivity (Wildman–Crippen MR) is 213 cm³/mol. The van der Waals surface area contributed by atoms with Crippen molar-refractivity contribution >= 4 is 51.6 Å². The number of hydrogen-bond donors (Lipinski definition) is 1. The van der Waals surface area contributed by atoms with Crippen LogP contribution in [-0.2, 0) is 34.0 Å². The molecule has 14 nitrogen and oxygen atoms in total. The summed E-state index contributed by atoms with van der Waals surface area (Å²) in [7, 11) is 3.15. The Balaban J connectivity index is 1.11. The zero-order chi connectivity index (χ0) is 40.9. The predicted octanol–water partition coefficient (Wildman–Crippen LogP) is 6.10. The van der Waals surface area contributed by atoms with Crippen molar-refractivity contribution in [3.63, 3.8) is 0 Å². The number of piperidine rings is 1. The lowest BCUT2D eigenvalue weighted by atomic mass is 9.96. The first kappa shape index (κ1) is 38.5. The molecule has 1 saturated heterocycles. The summed E-state index contributed by atoms with van der Waals surface area (Å²) in [6, 6.07) is 13.5. The third-order valence-electron chi connectivity index (χ3n) is 11.0. The van der Waals surface area contributed by atoms with Crippen molar-refractivity contribution < 1.29 is 37.8 Å². The molecule has 0 aliphatic carbocycles. The van der Waals surface area contributed by atoms with Crippen LogP contribution in [0, 0.1) is 11.7 Å². The van der Waals surface area contributed by atoms with Crippen molar-refractivity contribution in [1.29, 1.82) is 0 Å². The lowest BCUT2D eigenvalue weighted by molar-refractivity contribution is -0.122. The molecule has 5 aromatic rings. The quantitative estimate of drug-likeness (QED) is 0.186. The van der Waals surface area contributed by atoms with Gasteiger partial charge in [-0.2, -0.15) is 0 Å². The number of benzene rings is 2. The normalized spacial score (nSPS) is 16.2. The first-order valence-corrected chi connectivity index (χ1v) is 19.4. The number of likely N-dealkylation sites (tertiary alicyclic amines) is 1. The Labute approximate surface area is 334 Å². The first-order valence-electron chi connectivity index (χ1n) is 19.4. The van der Waals surface area contributed by atoms with Gasteiger partial charge in [-0.1, -0.05) is 6.07 Å². The summed E-state index contributed by atoms with van der Waals surface area (Å²) in [5, 5.41) is 2.91. The highest BCUT2D eigenvalue weighted by Crippen LogP contribution is 2.39. The maximum absolute atomic E-state index is 15.7. The van der Waals surface area contributed by atoms with Gasteiger partial charge in [-0.05, 0) is 81.5 Å². The molecule has 6 heterocycles. The summed E-state index contributed by atoms with van der Waals surface area (Å²) < 4.78 is 36.1. The van der Waals surface area contributed by atoms with E-state index >= 15 is 4.39 Å². The van der Waals surface area contributed by atoms with Crippen LogP contribution < -0.4 is 14.8 Å². The Morgan fingerprint density at radius 3 is 2.47 bits per heavy atom. The van der Waals surface area contributed by atoms with Gasteiger partial charge in [0.15, 0.2) is 0 Å². The van der Waals surface area contributed by atoms with Crippen molar-refractivity contribution in [3.8, 4) is 11.5 Å². The summed E-state index contributed by atoms with van der Waals surface area (Å²) in [5.74, 6) is -0.365. The fourth-order valence-corrected chi connectivity index (χ4v) is 8.27. The van der Waals surface area contributed by atoms with Gasteiger partial charge in [0.2, 0.25) is 0 Å². The van der Waals surface area contributed by atoms with E-state index in [1.807, 2.05) is 54.5 Å². The number of methoxy groups -OCH3 is 2. The number of urea groups is 1. The minimum absolute atomic E-state index is 0.103. The SMILES string of the molecule is COc1ccc(CN(CC2CCN(C(=O)OC(C)(C)C)CC2)C(=O)N2CCn3cc(C4=C(c5cnc6ccccn56)C(=O)NC4=O)c4cc(F)cc(c43)C2)c(OC)c1. The summed E-state index contributed by atoms with van der Waals surface area (Å²) in [6.45, 7) is 7.96. The third-order valence-corrected chi connectivity index (χ3v) is 11.0. The topological polar surface area (TPSA) is 140 Å². The number of imidazole rings is 1. The number of aromatic nitrogens is 3.